The Morgan fingerprint density at radius 2 is 1.71 bits per heavy atom. The van der Waals surface area contributed by atoms with Gasteiger partial charge in [-0.2, -0.15) is 0 Å². The Bertz CT molecular complexity index is 305. The van der Waals surface area contributed by atoms with E-state index in [0.29, 0.717) is 0 Å². The van der Waals surface area contributed by atoms with Crippen molar-refractivity contribution in [3.8, 4) is 0 Å². The van der Waals surface area contributed by atoms with Crippen LogP contribution in [0.1, 0.15) is 20.8 Å². The van der Waals surface area contributed by atoms with Gasteiger partial charge in [0.2, 0.25) is 12.2 Å². The van der Waals surface area contributed by atoms with Crippen LogP contribution < -0.4 is 5.32 Å². The zero-order valence-corrected chi connectivity index (χ0v) is 9.89. The number of esters is 2. The van der Waals surface area contributed by atoms with Gasteiger partial charge in [0, 0.05) is 20.8 Å². The standard InChI is InChI=1S/C10H15NO6/c1-5(12)11-9-8(16-6(2)13)4-15-10(9)17-7(3)14/h8-10H,4H2,1-3H3,(H,11,12)/t8-,9-,10+/m1/s1. The molecule has 0 aromatic carbocycles. The van der Waals surface area contributed by atoms with Crippen molar-refractivity contribution in [1.82, 2.24) is 5.32 Å². The Morgan fingerprint density at radius 1 is 1.12 bits per heavy atom. The fourth-order valence-corrected chi connectivity index (χ4v) is 1.56. The second-order valence-electron chi connectivity index (χ2n) is 3.69. The van der Waals surface area contributed by atoms with Gasteiger partial charge in [-0.3, -0.25) is 14.4 Å². The molecular formula is C10H15NO6. The number of hydrogen-bond acceptors (Lipinski definition) is 6. The quantitative estimate of drug-likeness (QED) is 0.664. The molecule has 0 spiro atoms. The molecule has 1 aliphatic heterocycles. The average Bonchev–Trinajstić information content (AvgIpc) is 2.47. The van der Waals surface area contributed by atoms with Crippen LogP contribution in [0.4, 0.5) is 0 Å². The minimum Gasteiger partial charge on any atom is -0.458 e. The molecular weight excluding hydrogens is 230 g/mol. The van der Waals surface area contributed by atoms with E-state index >= 15 is 0 Å². The van der Waals surface area contributed by atoms with Crippen molar-refractivity contribution in [3.05, 3.63) is 0 Å². The molecule has 1 N–H and O–H groups in total. The fourth-order valence-electron chi connectivity index (χ4n) is 1.56. The van der Waals surface area contributed by atoms with Crippen molar-refractivity contribution in [2.75, 3.05) is 6.61 Å². The summed E-state index contributed by atoms with van der Waals surface area (Å²) in [5.74, 6) is -1.35. The highest BCUT2D eigenvalue weighted by Gasteiger charge is 2.42. The largest absolute Gasteiger partial charge is 0.458 e. The molecule has 3 atom stereocenters. The fraction of sp³-hybridized carbons (Fsp3) is 0.700. The average molecular weight is 245 g/mol. The summed E-state index contributed by atoms with van der Waals surface area (Å²) in [5, 5.41) is 2.53. The van der Waals surface area contributed by atoms with E-state index in [-0.39, 0.29) is 12.5 Å². The lowest BCUT2D eigenvalue weighted by atomic mass is 10.2. The summed E-state index contributed by atoms with van der Waals surface area (Å²) >= 11 is 0. The molecule has 1 heterocycles. The summed E-state index contributed by atoms with van der Waals surface area (Å²) in [7, 11) is 0. The van der Waals surface area contributed by atoms with Crippen molar-refractivity contribution in [2.24, 2.45) is 0 Å². The zero-order chi connectivity index (χ0) is 13.0. The number of hydrogen-bond donors (Lipinski definition) is 1. The van der Waals surface area contributed by atoms with Crippen LogP contribution in [0.25, 0.3) is 0 Å². The molecule has 0 aromatic rings. The van der Waals surface area contributed by atoms with Crippen LogP contribution in [-0.2, 0) is 28.6 Å². The molecule has 0 saturated carbocycles. The number of carbonyl (C=O) groups is 3. The van der Waals surface area contributed by atoms with E-state index in [4.69, 9.17) is 14.2 Å². The predicted octanol–water partition coefficient (Wildman–Crippen LogP) is -0.658. The lowest BCUT2D eigenvalue weighted by Gasteiger charge is -2.22. The van der Waals surface area contributed by atoms with Gasteiger partial charge in [0.15, 0.2) is 6.10 Å². The van der Waals surface area contributed by atoms with Gasteiger partial charge >= 0.3 is 11.9 Å². The molecule has 1 fully saturated rings. The summed E-state index contributed by atoms with van der Waals surface area (Å²) in [6.45, 7) is 3.87. The Hall–Kier alpha value is -1.63. The Morgan fingerprint density at radius 3 is 2.18 bits per heavy atom. The van der Waals surface area contributed by atoms with Crippen LogP contribution in [0.15, 0.2) is 0 Å². The smallest absolute Gasteiger partial charge is 0.305 e. The maximum Gasteiger partial charge on any atom is 0.305 e. The molecule has 1 amide bonds. The van der Waals surface area contributed by atoms with Gasteiger partial charge < -0.3 is 19.5 Å². The molecule has 0 aliphatic carbocycles. The van der Waals surface area contributed by atoms with Crippen molar-refractivity contribution >= 4 is 17.8 Å². The summed E-state index contributed by atoms with van der Waals surface area (Å²) in [5.41, 5.74) is 0. The summed E-state index contributed by atoms with van der Waals surface area (Å²) < 4.78 is 15.0. The van der Waals surface area contributed by atoms with Gasteiger partial charge in [0.25, 0.3) is 0 Å². The van der Waals surface area contributed by atoms with E-state index in [1.807, 2.05) is 0 Å². The van der Waals surface area contributed by atoms with E-state index in [9.17, 15) is 14.4 Å². The first-order valence-corrected chi connectivity index (χ1v) is 5.13. The Labute approximate surface area is 98.4 Å². The third-order valence-electron chi connectivity index (χ3n) is 2.09. The molecule has 0 bridgehead atoms. The molecule has 1 saturated heterocycles. The zero-order valence-electron chi connectivity index (χ0n) is 9.89. The third-order valence-corrected chi connectivity index (χ3v) is 2.09. The molecule has 7 heteroatoms. The van der Waals surface area contributed by atoms with Gasteiger partial charge in [-0.1, -0.05) is 0 Å². The normalized spacial score (nSPS) is 27.4. The van der Waals surface area contributed by atoms with Crippen LogP contribution in [0.5, 0.6) is 0 Å². The number of amides is 1. The van der Waals surface area contributed by atoms with Crippen LogP contribution >= 0.6 is 0 Å². The van der Waals surface area contributed by atoms with Gasteiger partial charge in [0.05, 0.1) is 6.61 Å². The summed E-state index contributed by atoms with van der Waals surface area (Å²) in [4.78, 5) is 32.7. The van der Waals surface area contributed by atoms with Crippen LogP contribution in [-0.4, -0.2) is 42.9 Å². The van der Waals surface area contributed by atoms with Gasteiger partial charge in [-0.05, 0) is 0 Å². The minimum atomic E-state index is -0.930. The van der Waals surface area contributed by atoms with E-state index in [1.165, 1.54) is 20.8 Å². The van der Waals surface area contributed by atoms with Gasteiger partial charge in [-0.15, -0.1) is 0 Å². The molecule has 96 valence electrons. The lowest BCUT2D eigenvalue weighted by Crippen LogP contribution is -2.48. The Balaban J connectivity index is 2.69. The third kappa shape index (κ3) is 4.03. The maximum absolute atomic E-state index is 11.0. The van der Waals surface area contributed by atoms with E-state index in [1.54, 1.807) is 0 Å². The summed E-state index contributed by atoms with van der Waals surface area (Å²) in [6, 6.07) is -0.680. The maximum atomic E-state index is 11.0. The topological polar surface area (TPSA) is 90.9 Å². The van der Waals surface area contributed by atoms with Crippen molar-refractivity contribution < 1.29 is 28.6 Å². The van der Waals surface area contributed by atoms with E-state index in [2.05, 4.69) is 5.32 Å². The molecule has 7 nitrogen and oxygen atoms in total. The van der Waals surface area contributed by atoms with Gasteiger partial charge in [0.1, 0.15) is 6.04 Å². The SMILES string of the molecule is CC(=O)N[C@H]1[C@H](OC(C)=O)OC[C@H]1OC(C)=O. The monoisotopic (exact) mass is 245 g/mol. The lowest BCUT2D eigenvalue weighted by molar-refractivity contribution is -0.170. The number of rotatable bonds is 3. The minimum absolute atomic E-state index is 0.0719. The van der Waals surface area contributed by atoms with Crippen LogP contribution in [0.3, 0.4) is 0 Å². The van der Waals surface area contributed by atoms with Crippen molar-refractivity contribution in [2.45, 2.75) is 39.2 Å². The second-order valence-corrected chi connectivity index (χ2v) is 3.69. The van der Waals surface area contributed by atoms with Crippen LogP contribution in [0, 0.1) is 0 Å². The second kappa shape index (κ2) is 5.62. The van der Waals surface area contributed by atoms with Gasteiger partial charge in [-0.25, -0.2) is 0 Å². The molecule has 1 aliphatic rings. The highest BCUT2D eigenvalue weighted by Crippen LogP contribution is 2.19. The van der Waals surface area contributed by atoms with Crippen molar-refractivity contribution in [1.29, 1.82) is 0 Å². The molecule has 0 aromatic heterocycles. The highest BCUT2D eigenvalue weighted by molar-refractivity contribution is 5.73. The number of carbonyl (C=O) groups excluding carboxylic acids is 3. The first kappa shape index (κ1) is 13.4. The number of ether oxygens (including phenoxy) is 3. The first-order chi connectivity index (χ1) is 7.90. The van der Waals surface area contributed by atoms with E-state index in [0.717, 1.165) is 0 Å². The molecule has 0 radical (unpaired) electrons. The molecule has 17 heavy (non-hydrogen) atoms. The molecule has 1 rings (SSSR count). The Kier molecular flexibility index (Phi) is 4.45. The predicted molar refractivity (Wildman–Crippen MR) is 54.7 cm³/mol. The first-order valence-electron chi connectivity index (χ1n) is 5.13. The number of nitrogens with one attached hydrogen (secondary N) is 1. The summed E-state index contributed by atoms with van der Waals surface area (Å²) in [6.07, 6.45) is -1.58. The van der Waals surface area contributed by atoms with E-state index < -0.39 is 30.4 Å². The molecule has 0 unspecified atom stereocenters. The highest BCUT2D eigenvalue weighted by atomic mass is 16.7. The van der Waals surface area contributed by atoms with Crippen molar-refractivity contribution in [3.63, 3.8) is 0 Å². The van der Waals surface area contributed by atoms with Crippen LogP contribution in [0.2, 0.25) is 0 Å².